The molecule has 1 aliphatic carbocycles. The van der Waals surface area contributed by atoms with Gasteiger partial charge in [0.05, 0.1) is 13.2 Å². The quantitative estimate of drug-likeness (QED) is 0.803. The van der Waals surface area contributed by atoms with Crippen LogP contribution in [0.5, 0.6) is 0 Å². The van der Waals surface area contributed by atoms with Crippen LogP contribution in [0.4, 0.5) is 0 Å². The molecule has 2 fully saturated rings. The van der Waals surface area contributed by atoms with Crippen LogP contribution >= 0.6 is 0 Å². The highest BCUT2D eigenvalue weighted by Crippen LogP contribution is 2.36. The molecule has 112 valence electrons. The molecule has 1 aliphatic heterocycles. The van der Waals surface area contributed by atoms with Crippen LogP contribution in [0.1, 0.15) is 52.9 Å². The molecule has 3 nitrogen and oxygen atoms in total. The van der Waals surface area contributed by atoms with Crippen molar-refractivity contribution in [2.75, 3.05) is 19.8 Å². The van der Waals surface area contributed by atoms with Gasteiger partial charge in [-0.2, -0.15) is 0 Å². The lowest BCUT2D eigenvalue weighted by Gasteiger charge is -2.37. The van der Waals surface area contributed by atoms with Crippen molar-refractivity contribution in [2.24, 2.45) is 17.8 Å². The Morgan fingerprint density at radius 1 is 1.05 bits per heavy atom. The maximum absolute atomic E-state index is 5.65. The molecular formula is C16H31NO2. The Morgan fingerprint density at radius 2 is 1.68 bits per heavy atom. The molecule has 0 aromatic carbocycles. The molecule has 1 N–H and O–H groups in total. The second-order valence-corrected chi connectivity index (χ2v) is 6.64. The van der Waals surface area contributed by atoms with Gasteiger partial charge in [-0.05, 0) is 50.0 Å². The van der Waals surface area contributed by atoms with Gasteiger partial charge >= 0.3 is 0 Å². The van der Waals surface area contributed by atoms with Crippen LogP contribution in [0, 0.1) is 17.8 Å². The lowest BCUT2D eigenvalue weighted by molar-refractivity contribution is -0.0590. The first-order valence-electron chi connectivity index (χ1n) is 8.15. The molecule has 19 heavy (non-hydrogen) atoms. The molecule has 1 heterocycles. The highest BCUT2D eigenvalue weighted by atomic mass is 16.7. The van der Waals surface area contributed by atoms with Crippen LogP contribution < -0.4 is 5.32 Å². The minimum Gasteiger partial charge on any atom is -0.350 e. The fourth-order valence-corrected chi connectivity index (χ4v) is 3.86. The van der Waals surface area contributed by atoms with Crippen LogP contribution in [0.15, 0.2) is 0 Å². The largest absolute Gasteiger partial charge is 0.350 e. The van der Waals surface area contributed by atoms with E-state index in [9.17, 15) is 0 Å². The van der Waals surface area contributed by atoms with E-state index < -0.39 is 0 Å². The van der Waals surface area contributed by atoms with Gasteiger partial charge in [0, 0.05) is 12.5 Å². The molecule has 3 atom stereocenters. The highest BCUT2D eigenvalue weighted by Gasteiger charge is 2.32. The summed E-state index contributed by atoms with van der Waals surface area (Å²) in [6, 6.07) is 0.563. The predicted octanol–water partition coefficient (Wildman–Crippen LogP) is 3.19. The van der Waals surface area contributed by atoms with Gasteiger partial charge in [0.2, 0.25) is 0 Å². The second-order valence-electron chi connectivity index (χ2n) is 6.64. The third-order valence-corrected chi connectivity index (χ3v) is 4.58. The lowest BCUT2D eigenvalue weighted by atomic mass is 9.73. The summed E-state index contributed by atoms with van der Waals surface area (Å²) in [5.74, 6) is 2.52. The minimum absolute atomic E-state index is 0.0295. The zero-order chi connectivity index (χ0) is 13.7. The van der Waals surface area contributed by atoms with Crippen molar-refractivity contribution in [1.29, 1.82) is 0 Å². The molecule has 0 spiro atoms. The maximum Gasteiger partial charge on any atom is 0.159 e. The van der Waals surface area contributed by atoms with E-state index in [1.54, 1.807) is 0 Å². The molecule has 0 aromatic rings. The standard InChI is InChI=1S/C16H31NO2/c1-4-5-17-15(11-16-18-6-7-19-16)14-9-12(2)8-13(3)10-14/h12-17H,4-11H2,1-3H3. The third-order valence-electron chi connectivity index (χ3n) is 4.58. The van der Waals surface area contributed by atoms with Gasteiger partial charge in [0.25, 0.3) is 0 Å². The molecule has 0 amide bonds. The van der Waals surface area contributed by atoms with E-state index in [-0.39, 0.29) is 6.29 Å². The molecular weight excluding hydrogens is 238 g/mol. The summed E-state index contributed by atoms with van der Waals surface area (Å²) in [6.07, 6.45) is 6.36. The van der Waals surface area contributed by atoms with Crippen LogP contribution in [-0.2, 0) is 9.47 Å². The summed E-state index contributed by atoms with van der Waals surface area (Å²) in [5, 5.41) is 3.75. The van der Waals surface area contributed by atoms with Gasteiger partial charge in [-0.1, -0.05) is 20.8 Å². The van der Waals surface area contributed by atoms with Crippen molar-refractivity contribution in [2.45, 2.75) is 65.2 Å². The Labute approximate surface area is 118 Å². The van der Waals surface area contributed by atoms with E-state index in [0.29, 0.717) is 6.04 Å². The monoisotopic (exact) mass is 269 g/mol. The van der Waals surface area contributed by atoms with E-state index in [2.05, 4.69) is 26.1 Å². The summed E-state index contributed by atoms with van der Waals surface area (Å²) < 4.78 is 11.3. The average Bonchev–Trinajstić information content (AvgIpc) is 2.86. The average molecular weight is 269 g/mol. The van der Waals surface area contributed by atoms with Crippen molar-refractivity contribution in [3.8, 4) is 0 Å². The second kappa shape index (κ2) is 7.61. The zero-order valence-electron chi connectivity index (χ0n) is 12.9. The molecule has 3 unspecified atom stereocenters. The fraction of sp³-hybridized carbons (Fsp3) is 1.00. The van der Waals surface area contributed by atoms with E-state index in [1.165, 1.54) is 25.7 Å². The Balaban J connectivity index is 1.90. The highest BCUT2D eigenvalue weighted by molar-refractivity contribution is 4.85. The Kier molecular flexibility index (Phi) is 6.11. The first kappa shape index (κ1) is 15.3. The molecule has 1 saturated carbocycles. The molecule has 2 aliphatic rings. The maximum atomic E-state index is 5.65. The van der Waals surface area contributed by atoms with Crippen molar-refractivity contribution in [3.05, 3.63) is 0 Å². The number of ether oxygens (including phenoxy) is 2. The number of rotatable bonds is 6. The van der Waals surface area contributed by atoms with Crippen LogP contribution in [0.25, 0.3) is 0 Å². The van der Waals surface area contributed by atoms with Crippen LogP contribution in [-0.4, -0.2) is 32.1 Å². The van der Waals surface area contributed by atoms with Gasteiger partial charge in [0.15, 0.2) is 6.29 Å². The fourth-order valence-electron chi connectivity index (χ4n) is 3.86. The van der Waals surface area contributed by atoms with Gasteiger partial charge in [-0.25, -0.2) is 0 Å². The smallest absolute Gasteiger partial charge is 0.159 e. The van der Waals surface area contributed by atoms with E-state index >= 15 is 0 Å². The van der Waals surface area contributed by atoms with Crippen molar-refractivity contribution >= 4 is 0 Å². The normalized spacial score (nSPS) is 34.6. The molecule has 0 radical (unpaired) electrons. The number of hydrogen-bond acceptors (Lipinski definition) is 3. The van der Waals surface area contributed by atoms with Gasteiger partial charge < -0.3 is 14.8 Å². The molecule has 0 bridgehead atoms. The molecule has 0 aromatic heterocycles. The Bertz CT molecular complexity index is 243. The zero-order valence-corrected chi connectivity index (χ0v) is 12.9. The summed E-state index contributed by atoms with van der Waals surface area (Å²) in [6.45, 7) is 9.69. The van der Waals surface area contributed by atoms with E-state index in [1.807, 2.05) is 0 Å². The predicted molar refractivity (Wildman–Crippen MR) is 78.1 cm³/mol. The number of nitrogens with one attached hydrogen (secondary N) is 1. The molecule has 3 heteroatoms. The Morgan fingerprint density at radius 3 is 2.26 bits per heavy atom. The van der Waals surface area contributed by atoms with E-state index in [4.69, 9.17) is 9.47 Å². The summed E-state index contributed by atoms with van der Waals surface area (Å²) >= 11 is 0. The van der Waals surface area contributed by atoms with Gasteiger partial charge in [-0.3, -0.25) is 0 Å². The van der Waals surface area contributed by atoms with Crippen molar-refractivity contribution < 1.29 is 9.47 Å². The first-order chi connectivity index (χ1) is 9.19. The Hall–Kier alpha value is -0.120. The SMILES string of the molecule is CCCNC(CC1OCCO1)C1CC(C)CC(C)C1. The van der Waals surface area contributed by atoms with Crippen molar-refractivity contribution in [3.63, 3.8) is 0 Å². The van der Waals surface area contributed by atoms with Gasteiger partial charge in [0.1, 0.15) is 0 Å². The summed E-state index contributed by atoms with van der Waals surface area (Å²) in [7, 11) is 0. The van der Waals surface area contributed by atoms with Crippen LogP contribution in [0.3, 0.4) is 0 Å². The van der Waals surface area contributed by atoms with Crippen molar-refractivity contribution in [1.82, 2.24) is 5.32 Å². The van der Waals surface area contributed by atoms with Gasteiger partial charge in [-0.15, -0.1) is 0 Å². The topological polar surface area (TPSA) is 30.5 Å². The summed E-state index contributed by atoms with van der Waals surface area (Å²) in [4.78, 5) is 0. The summed E-state index contributed by atoms with van der Waals surface area (Å²) in [5.41, 5.74) is 0. The third kappa shape index (κ3) is 4.73. The first-order valence-corrected chi connectivity index (χ1v) is 8.15. The molecule has 2 rings (SSSR count). The number of hydrogen-bond donors (Lipinski definition) is 1. The minimum atomic E-state index is 0.0295. The van der Waals surface area contributed by atoms with Crippen LogP contribution in [0.2, 0.25) is 0 Å². The molecule has 1 saturated heterocycles. The van der Waals surface area contributed by atoms with E-state index in [0.717, 1.165) is 43.9 Å². The lowest BCUT2D eigenvalue weighted by Crippen LogP contribution is -2.42.